The van der Waals surface area contributed by atoms with Crippen molar-refractivity contribution in [3.63, 3.8) is 0 Å². The van der Waals surface area contributed by atoms with Gasteiger partial charge in [0.25, 0.3) is 0 Å². The molecule has 0 unspecified atom stereocenters. The molecule has 0 heterocycles. The van der Waals surface area contributed by atoms with Crippen LogP contribution in [-0.4, -0.2) is 33.4 Å². The summed E-state index contributed by atoms with van der Waals surface area (Å²) < 4.78 is 28.2. The van der Waals surface area contributed by atoms with Crippen molar-refractivity contribution in [2.45, 2.75) is 13.8 Å². The van der Waals surface area contributed by atoms with Crippen LogP contribution < -0.4 is 9.67 Å². The molecule has 0 bridgehead atoms. The Hall–Kier alpha value is -2.01. The van der Waals surface area contributed by atoms with Gasteiger partial charge in [0, 0.05) is 0 Å². The fourth-order valence-electron chi connectivity index (χ4n) is 1.59. The smallest absolute Gasteiger partial charge is 0.0398 e. The van der Waals surface area contributed by atoms with E-state index >= 15 is 0 Å². The van der Waals surface area contributed by atoms with Gasteiger partial charge >= 0.3 is 88.1 Å². The number of amides is 1. The molecule has 1 amide bonds. The number of hydrogen-bond acceptors (Lipinski definition) is 3. The molecule has 0 radical (unpaired) electrons. The van der Waals surface area contributed by atoms with Crippen LogP contribution in [0.15, 0.2) is 48.5 Å². The number of nitrogens with one attached hydrogen (secondary N) is 1. The summed E-state index contributed by atoms with van der Waals surface area (Å²) in [6, 6.07) is 13.8. The van der Waals surface area contributed by atoms with Gasteiger partial charge in [-0.1, -0.05) is 35.9 Å². The second-order valence-corrected chi connectivity index (χ2v) is 7.88. The van der Waals surface area contributed by atoms with E-state index in [1.807, 2.05) is 18.2 Å². The number of anilines is 1. The zero-order valence-corrected chi connectivity index (χ0v) is 14.1. The Bertz CT molecular complexity index is 682. The molecule has 0 fully saturated rings. The Morgan fingerprint density at radius 2 is 1.68 bits per heavy atom. The Morgan fingerprint density at radius 1 is 1.09 bits per heavy atom. The van der Waals surface area contributed by atoms with Crippen LogP contribution in [0.5, 0.6) is 5.75 Å². The average Bonchev–Trinajstić information content (AvgIpc) is 2.38. The molecule has 0 aliphatic carbocycles. The fraction of sp³-hybridized carbons (Fsp3) is 0.133. The summed E-state index contributed by atoms with van der Waals surface area (Å²) in [6.07, 6.45) is 0. The first kappa shape index (κ1) is 18.0. The van der Waals surface area contributed by atoms with E-state index < -0.39 is 24.3 Å². The SMILES string of the molecule is CC(=O)Nc1ccc([As](=O)(O)O)c(O)c1.Cc1ccccc1. The predicted molar refractivity (Wildman–Crippen MR) is 84.1 cm³/mol. The van der Waals surface area contributed by atoms with E-state index in [9.17, 15) is 13.6 Å². The standard InChI is InChI=1S/C8H10AsNO5.C7H8/c1-5(11)10-6-2-3-7(8(12)4-6)9(13,14)15;1-7-5-3-2-4-6-7/h2-4,12H,1H3,(H,10,11)(H2,13,14,15);2-6H,1H3. The summed E-state index contributed by atoms with van der Waals surface area (Å²) in [7, 11) is 0. The van der Waals surface area contributed by atoms with Crippen molar-refractivity contribution in [3.8, 4) is 5.75 Å². The van der Waals surface area contributed by atoms with E-state index in [1.165, 1.54) is 18.6 Å². The minimum Gasteiger partial charge on any atom is -0.0622 e. The number of rotatable bonds is 2. The minimum absolute atomic E-state index is 0.285. The van der Waals surface area contributed by atoms with Gasteiger partial charge in [0.2, 0.25) is 0 Å². The van der Waals surface area contributed by atoms with Crippen LogP contribution in [0.1, 0.15) is 12.5 Å². The van der Waals surface area contributed by atoms with Gasteiger partial charge in [-0.05, 0) is 6.92 Å². The molecule has 118 valence electrons. The number of aromatic hydroxyl groups is 1. The molecule has 0 aromatic heterocycles. The van der Waals surface area contributed by atoms with E-state index in [2.05, 4.69) is 24.4 Å². The maximum atomic E-state index is 10.9. The minimum atomic E-state index is -5.09. The molecule has 2 rings (SSSR count). The summed E-state index contributed by atoms with van der Waals surface area (Å²) in [6.45, 7) is 3.37. The molecular formula is C15H18AsNO5. The maximum Gasteiger partial charge on any atom is -0.0398 e. The van der Waals surface area contributed by atoms with Crippen molar-refractivity contribution in [1.29, 1.82) is 0 Å². The third-order valence-electron chi connectivity index (χ3n) is 2.55. The van der Waals surface area contributed by atoms with Gasteiger partial charge in [-0.3, -0.25) is 0 Å². The number of hydrogen-bond donors (Lipinski definition) is 4. The van der Waals surface area contributed by atoms with Crippen molar-refractivity contribution in [1.82, 2.24) is 0 Å². The Morgan fingerprint density at radius 3 is 2.05 bits per heavy atom. The molecule has 0 aliphatic rings. The van der Waals surface area contributed by atoms with Gasteiger partial charge in [-0.15, -0.1) is 0 Å². The fourth-order valence-corrected chi connectivity index (χ4v) is 2.91. The number of phenolic OH excluding ortho intramolecular Hbond substituents is 1. The number of carbonyl (C=O) groups is 1. The molecule has 2 aromatic carbocycles. The van der Waals surface area contributed by atoms with Crippen LogP contribution in [0.25, 0.3) is 0 Å². The van der Waals surface area contributed by atoms with Gasteiger partial charge < -0.3 is 0 Å². The van der Waals surface area contributed by atoms with Crippen molar-refractivity contribution in [3.05, 3.63) is 54.1 Å². The molecule has 7 heteroatoms. The maximum absolute atomic E-state index is 10.9. The molecule has 6 nitrogen and oxygen atoms in total. The van der Waals surface area contributed by atoms with Crippen LogP contribution in [-0.2, 0) is 8.53 Å². The molecular weight excluding hydrogens is 349 g/mol. The quantitative estimate of drug-likeness (QED) is 0.591. The number of benzene rings is 2. The Balaban J connectivity index is 0.000000287. The Labute approximate surface area is 131 Å². The van der Waals surface area contributed by atoms with Crippen molar-refractivity contribution < 1.29 is 21.8 Å². The number of carbonyl (C=O) groups excluding carboxylic acids is 1. The van der Waals surface area contributed by atoms with E-state index in [1.54, 1.807) is 0 Å². The van der Waals surface area contributed by atoms with Crippen LogP contribution in [0.2, 0.25) is 0 Å². The van der Waals surface area contributed by atoms with E-state index in [0.29, 0.717) is 0 Å². The van der Waals surface area contributed by atoms with E-state index in [0.717, 1.165) is 12.1 Å². The molecule has 0 saturated heterocycles. The van der Waals surface area contributed by atoms with Gasteiger partial charge in [-0.2, -0.15) is 0 Å². The number of aryl methyl sites for hydroxylation is 1. The molecule has 4 N–H and O–H groups in total. The third-order valence-corrected chi connectivity index (χ3v) is 4.66. The largest absolute Gasteiger partial charge is 0.0622 e. The molecule has 0 spiro atoms. The first-order valence-corrected chi connectivity index (χ1v) is 9.77. The van der Waals surface area contributed by atoms with E-state index in [4.69, 9.17) is 8.19 Å². The normalized spacial score (nSPS) is 10.4. The number of phenols is 1. The molecule has 0 aliphatic heterocycles. The molecule has 0 atom stereocenters. The summed E-state index contributed by atoms with van der Waals surface area (Å²) in [5, 5.41) is 11.7. The van der Waals surface area contributed by atoms with Crippen molar-refractivity contribution in [2.75, 3.05) is 5.32 Å². The first-order chi connectivity index (χ1) is 10.2. The molecule has 22 heavy (non-hydrogen) atoms. The zero-order valence-electron chi connectivity index (χ0n) is 12.2. The van der Waals surface area contributed by atoms with Gasteiger partial charge in [0.15, 0.2) is 0 Å². The summed E-state index contributed by atoms with van der Waals surface area (Å²) in [4.78, 5) is 10.7. The first-order valence-electron chi connectivity index (χ1n) is 6.38. The van der Waals surface area contributed by atoms with Crippen LogP contribution in [0, 0.1) is 6.92 Å². The Kier molecular flexibility index (Phi) is 6.43. The zero-order chi connectivity index (χ0) is 16.8. The molecule has 0 saturated carbocycles. The second kappa shape index (κ2) is 7.84. The topological polar surface area (TPSA) is 107 Å². The van der Waals surface area contributed by atoms with Crippen LogP contribution >= 0.6 is 0 Å². The average molecular weight is 367 g/mol. The predicted octanol–water partition coefficient (Wildman–Crippen LogP) is 0.907. The summed E-state index contributed by atoms with van der Waals surface area (Å²) in [5.41, 5.74) is 1.61. The molecule has 2 aromatic rings. The summed E-state index contributed by atoms with van der Waals surface area (Å²) in [5.74, 6) is -0.850. The van der Waals surface area contributed by atoms with Crippen LogP contribution in [0.3, 0.4) is 0 Å². The van der Waals surface area contributed by atoms with E-state index in [-0.39, 0.29) is 11.6 Å². The van der Waals surface area contributed by atoms with Crippen molar-refractivity contribution >= 4 is 30.1 Å². The van der Waals surface area contributed by atoms with Gasteiger partial charge in [-0.25, -0.2) is 0 Å². The third kappa shape index (κ3) is 6.18. The summed E-state index contributed by atoms with van der Waals surface area (Å²) >= 11 is -5.09. The van der Waals surface area contributed by atoms with Gasteiger partial charge in [0.1, 0.15) is 0 Å². The second-order valence-electron chi connectivity index (χ2n) is 4.58. The van der Waals surface area contributed by atoms with Crippen LogP contribution in [0.4, 0.5) is 5.69 Å². The van der Waals surface area contributed by atoms with Crippen molar-refractivity contribution in [2.24, 2.45) is 0 Å². The monoisotopic (exact) mass is 367 g/mol. The van der Waals surface area contributed by atoms with Gasteiger partial charge in [0.05, 0.1) is 0 Å².